The Kier molecular flexibility index (Phi) is 12.4. The van der Waals surface area contributed by atoms with Crippen LogP contribution in [0.5, 0.6) is 0 Å². The van der Waals surface area contributed by atoms with Crippen LogP contribution in [0.4, 0.5) is 0 Å². The van der Waals surface area contributed by atoms with Crippen molar-refractivity contribution in [3.05, 3.63) is 54.1 Å². The lowest BCUT2D eigenvalue weighted by Gasteiger charge is -2.25. The largest absolute Gasteiger partial charge is 0.480 e. The van der Waals surface area contributed by atoms with Gasteiger partial charge in [0.2, 0.25) is 17.7 Å². The fourth-order valence-electron chi connectivity index (χ4n) is 3.67. The quantitative estimate of drug-likeness (QED) is 0.119. The van der Waals surface area contributed by atoms with Crippen LogP contribution in [0.2, 0.25) is 0 Å². The number of unbranched alkanes of at least 4 members (excludes halogenated alkanes) is 1. The molecule has 0 radical (unpaired) electrons. The Morgan fingerprint density at radius 3 is 2.16 bits per heavy atom. The van der Waals surface area contributed by atoms with Crippen molar-refractivity contribution < 1.29 is 29.4 Å². The Labute approximate surface area is 220 Å². The van der Waals surface area contributed by atoms with Crippen LogP contribution in [-0.2, 0) is 32.0 Å². The molecule has 0 saturated carbocycles. The zero-order valence-corrected chi connectivity index (χ0v) is 21.3. The van der Waals surface area contributed by atoms with Crippen molar-refractivity contribution in [1.29, 1.82) is 0 Å². The summed E-state index contributed by atoms with van der Waals surface area (Å²) in [7, 11) is 0. The van der Waals surface area contributed by atoms with E-state index in [1.807, 2.05) is 0 Å². The summed E-state index contributed by atoms with van der Waals surface area (Å²) in [6, 6.07) is 4.20. The van der Waals surface area contributed by atoms with Crippen molar-refractivity contribution in [2.24, 2.45) is 11.5 Å². The molecule has 2 rings (SSSR count). The molecule has 10 N–H and O–H groups in total. The molecule has 1 aromatic heterocycles. The van der Waals surface area contributed by atoms with E-state index in [9.17, 15) is 29.4 Å². The molecule has 1 aromatic carbocycles. The number of aliphatic carboxylic acids is 1. The van der Waals surface area contributed by atoms with Crippen LogP contribution in [-0.4, -0.2) is 80.7 Å². The number of benzene rings is 1. The van der Waals surface area contributed by atoms with Gasteiger partial charge in [0.25, 0.3) is 0 Å². The lowest BCUT2D eigenvalue weighted by atomic mass is 10.0. The number of carboxylic acid groups (broad SMARTS) is 1. The van der Waals surface area contributed by atoms with E-state index < -0.39 is 54.0 Å². The number of carbonyl (C=O) groups excluding carboxylic acids is 3. The summed E-state index contributed by atoms with van der Waals surface area (Å²) in [5, 5.41) is 27.0. The molecule has 0 saturated heterocycles. The number of hydrogen-bond acceptors (Lipinski definition) is 8. The Balaban J connectivity index is 2.20. The number of nitrogens with two attached hydrogens (primary N) is 2. The average molecular weight is 532 g/mol. The third-order valence-corrected chi connectivity index (χ3v) is 5.91. The van der Waals surface area contributed by atoms with Gasteiger partial charge in [-0.05, 0) is 38.3 Å². The van der Waals surface area contributed by atoms with Gasteiger partial charge in [-0.2, -0.15) is 0 Å². The molecule has 0 fully saturated rings. The molecule has 1 heterocycles. The summed E-state index contributed by atoms with van der Waals surface area (Å²) < 4.78 is 0. The van der Waals surface area contributed by atoms with E-state index in [1.165, 1.54) is 19.4 Å². The molecule has 3 amide bonds. The number of aliphatic hydroxyl groups is 1. The third kappa shape index (κ3) is 9.92. The molecule has 13 nitrogen and oxygen atoms in total. The molecule has 0 aliphatic carbocycles. The molecule has 208 valence electrons. The van der Waals surface area contributed by atoms with E-state index in [-0.39, 0.29) is 19.3 Å². The van der Waals surface area contributed by atoms with Crippen LogP contribution >= 0.6 is 0 Å². The average Bonchev–Trinajstić information content (AvgIpc) is 3.40. The van der Waals surface area contributed by atoms with Gasteiger partial charge >= 0.3 is 5.97 Å². The Morgan fingerprint density at radius 2 is 1.58 bits per heavy atom. The normalized spacial score (nSPS) is 14.9. The van der Waals surface area contributed by atoms with Gasteiger partial charge in [-0.25, -0.2) is 9.78 Å². The second kappa shape index (κ2) is 15.4. The fraction of sp³-hybridized carbons (Fsp3) is 0.480. The Morgan fingerprint density at radius 1 is 0.947 bits per heavy atom. The van der Waals surface area contributed by atoms with Gasteiger partial charge in [-0.1, -0.05) is 30.3 Å². The maximum absolute atomic E-state index is 13.3. The van der Waals surface area contributed by atoms with Crippen LogP contribution in [0.1, 0.15) is 37.4 Å². The van der Waals surface area contributed by atoms with Crippen LogP contribution in [0.3, 0.4) is 0 Å². The molecular weight excluding hydrogens is 494 g/mol. The first-order valence-corrected chi connectivity index (χ1v) is 12.4. The van der Waals surface area contributed by atoms with Crippen molar-refractivity contribution in [1.82, 2.24) is 25.9 Å². The molecule has 5 unspecified atom stereocenters. The van der Waals surface area contributed by atoms with E-state index in [1.54, 1.807) is 30.3 Å². The summed E-state index contributed by atoms with van der Waals surface area (Å²) in [5.74, 6) is -3.33. The van der Waals surface area contributed by atoms with Gasteiger partial charge < -0.3 is 42.6 Å². The number of H-pyrrole nitrogens is 1. The predicted octanol–water partition coefficient (Wildman–Crippen LogP) is -1.43. The second-order valence-electron chi connectivity index (χ2n) is 9.04. The summed E-state index contributed by atoms with van der Waals surface area (Å²) >= 11 is 0. The topological polar surface area (TPSA) is 226 Å². The SMILES string of the molecule is CC(O)C(N)C(=O)NC(Cc1ccccc1)C(=O)NC(CCCCN)C(=O)NC(Cc1cnc[nH]1)C(=O)O. The number of carboxylic acids is 1. The molecule has 0 spiro atoms. The van der Waals surface area contributed by atoms with Gasteiger partial charge in [0, 0.05) is 24.7 Å². The summed E-state index contributed by atoms with van der Waals surface area (Å²) in [6.07, 6.45) is 3.05. The molecule has 0 bridgehead atoms. The first-order chi connectivity index (χ1) is 18.1. The zero-order chi connectivity index (χ0) is 28.1. The molecule has 38 heavy (non-hydrogen) atoms. The molecule has 0 aliphatic rings. The molecule has 5 atom stereocenters. The van der Waals surface area contributed by atoms with Gasteiger partial charge in [-0.15, -0.1) is 0 Å². The van der Waals surface area contributed by atoms with Gasteiger partial charge in [0.1, 0.15) is 24.2 Å². The van der Waals surface area contributed by atoms with Gasteiger partial charge in [-0.3, -0.25) is 14.4 Å². The smallest absolute Gasteiger partial charge is 0.326 e. The second-order valence-corrected chi connectivity index (χ2v) is 9.04. The number of aromatic amines is 1. The molecule has 13 heteroatoms. The standard InChI is InChI=1S/C25H37N7O6/c1-15(33)21(27)24(36)31-19(11-16-7-3-2-4-8-16)23(35)30-18(9-5-6-10-26)22(34)32-20(25(37)38)12-17-13-28-14-29-17/h2-4,7-8,13-15,18-21,33H,5-6,9-12,26-27H2,1H3,(H,28,29)(H,30,35)(H,31,36)(H,32,34)(H,37,38). The third-order valence-electron chi connectivity index (χ3n) is 5.91. The Hall–Kier alpha value is -3.81. The van der Waals surface area contributed by atoms with Crippen molar-refractivity contribution in [2.45, 2.75) is 69.3 Å². The highest BCUT2D eigenvalue weighted by Crippen LogP contribution is 2.08. The predicted molar refractivity (Wildman–Crippen MR) is 138 cm³/mol. The minimum absolute atomic E-state index is 0.0333. The van der Waals surface area contributed by atoms with Crippen LogP contribution in [0, 0.1) is 0 Å². The first kappa shape index (κ1) is 30.4. The maximum Gasteiger partial charge on any atom is 0.326 e. The van der Waals surface area contributed by atoms with Crippen LogP contribution in [0.25, 0.3) is 0 Å². The molecular formula is C25H37N7O6. The number of rotatable bonds is 16. The van der Waals surface area contributed by atoms with Crippen molar-refractivity contribution in [3.8, 4) is 0 Å². The number of imidazole rings is 1. The number of carbonyl (C=O) groups is 4. The van der Waals surface area contributed by atoms with Gasteiger partial charge in [0.05, 0.1) is 12.4 Å². The highest BCUT2D eigenvalue weighted by Gasteiger charge is 2.31. The molecule has 2 aromatic rings. The Bertz CT molecular complexity index is 1030. The number of nitrogens with zero attached hydrogens (tertiary/aromatic N) is 1. The van der Waals surface area contributed by atoms with E-state index in [2.05, 4.69) is 25.9 Å². The molecule has 0 aliphatic heterocycles. The summed E-state index contributed by atoms with van der Waals surface area (Å²) in [4.78, 5) is 57.4. The van der Waals surface area contributed by atoms with E-state index >= 15 is 0 Å². The minimum atomic E-state index is -1.26. The maximum atomic E-state index is 13.3. The van der Waals surface area contributed by atoms with E-state index in [4.69, 9.17) is 11.5 Å². The number of nitrogens with one attached hydrogen (secondary N) is 4. The van der Waals surface area contributed by atoms with E-state index in [0.29, 0.717) is 25.1 Å². The lowest BCUT2D eigenvalue weighted by Crippen LogP contribution is -2.58. The first-order valence-electron chi connectivity index (χ1n) is 12.4. The van der Waals surface area contributed by atoms with Crippen LogP contribution < -0.4 is 27.4 Å². The summed E-state index contributed by atoms with van der Waals surface area (Å²) in [6.45, 7) is 1.74. The fourth-order valence-corrected chi connectivity index (χ4v) is 3.67. The van der Waals surface area contributed by atoms with Crippen molar-refractivity contribution in [2.75, 3.05) is 6.54 Å². The monoisotopic (exact) mass is 531 g/mol. The number of amides is 3. The summed E-state index contributed by atoms with van der Waals surface area (Å²) in [5.41, 5.74) is 12.6. The van der Waals surface area contributed by atoms with Crippen molar-refractivity contribution in [3.63, 3.8) is 0 Å². The minimum Gasteiger partial charge on any atom is -0.480 e. The highest BCUT2D eigenvalue weighted by molar-refractivity contribution is 5.94. The number of aromatic nitrogens is 2. The van der Waals surface area contributed by atoms with Crippen LogP contribution in [0.15, 0.2) is 42.9 Å². The highest BCUT2D eigenvalue weighted by atomic mass is 16.4. The zero-order valence-electron chi connectivity index (χ0n) is 21.3. The van der Waals surface area contributed by atoms with Crippen molar-refractivity contribution >= 4 is 23.7 Å². The lowest BCUT2D eigenvalue weighted by molar-refractivity contribution is -0.142. The number of hydrogen-bond donors (Lipinski definition) is 8. The van der Waals surface area contributed by atoms with Gasteiger partial charge in [0.15, 0.2) is 0 Å². The van der Waals surface area contributed by atoms with E-state index in [0.717, 1.165) is 5.56 Å². The number of aliphatic hydroxyl groups excluding tert-OH is 1.